The Balaban J connectivity index is 1.88. The highest BCUT2D eigenvalue weighted by Gasteiger charge is 2.19. The standard InChI is InChI=1S/C23H23NO6S/c1-24(18-8-10-20(11-9-18)31(27,28)15-23(25)26)19-6-4-5-16(13-19)17-7-12-21(29-2)22(14-17)30-3/h4-14H,15H2,1-3H3,(H,25,26). The zero-order valence-electron chi connectivity index (χ0n) is 17.4. The van der Waals surface area contributed by atoms with Gasteiger partial charge in [-0.3, -0.25) is 4.79 Å². The van der Waals surface area contributed by atoms with E-state index in [4.69, 9.17) is 14.6 Å². The number of carbonyl (C=O) groups is 1. The Labute approximate surface area is 181 Å². The van der Waals surface area contributed by atoms with E-state index < -0.39 is 21.6 Å². The summed E-state index contributed by atoms with van der Waals surface area (Å²) in [7, 11) is 1.19. The third-order valence-corrected chi connectivity index (χ3v) is 6.46. The van der Waals surface area contributed by atoms with Crippen LogP contribution in [0.15, 0.2) is 71.6 Å². The molecule has 31 heavy (non-hydrogen) atoms. The quantitative estimate of drug-likeness (QED) is 0.565. The predicted octanol–water partition coefficient (Wildman–Crippen LogP) is 4.00. The van der Waals surface area contributed by atoms with E-state index in [1.54, 1.807) is 26.4 Å². The third kappa shape index (κ3) is 4.97. The lowest BCUT2D eigenvalue weighted by atomic mass is 10.0. The Morgan fingerprint density at radius 3 is 2.13 bits per heavy atom. The number of rotatable bonds is 8. The first-order valence-corrected chi connectivity index (χ1v) is 11.0. The Bertz CT molecular complexity index is 1190. The van der Waals surface area contributed by atoms with Crippen LogP contribution in [0.3, 0.4) is 0 Å². The van der Waals surface area contributed by atoms with Crippen LogP contribution in [0, 0.1) is 0 Å². The molecule has 3 aromatic rings. The van der Waals surface area contributed by atoms with Crippen molar-refractivity contribution >= 4 is 27.2 Å². The fourth-order valence-electron chi connectivity index (χ4n) is 3.18. The van der Waals surface area contributed by atoms with Gasteiger partial charge >= 0.3 is 5.97 Å². The summed E-state index contributed by atoms with van der Waals surface area (Å²) in [6.07, 6.45) is 0. The maximum Gasteiger partial charge on any atom is 0.319 e. The Kier molecular flexibility index (Phi) is 6.50. The van der Waals surface area contributed by atoms with Crippen LogP contribution < -0.4 is 14.4 Å². The summed E-state index contributed by atoms with van der Waals surface area (Å²) in [5, 5.41) is 8.78. The van der Waals surface area contributed by atoms with Crippen LogP contribution in [0.4, 0.5) is 11.4 Å². The molecule has 8 heteroatoms. The van der Waals surface area contributed by atoms with Crippen molar-refractivity contribution in [2.75, 3.05) is 31.9 Å². The number of carboxylic acid groups (broad SMARTS) is 1. The second-order valence-corrected chi connectivity index (χ2v) is 8.82. The van der Waals surface area contributed by atoms with Crippen molar-refractivity contribution in [1.29, 1.82) is 0 Å². The van der Waals surface area contributed by atoms with E-state index in [2.05, 4.69) is 0 Å². The highest BCUT2D eigenvalue weighted by atomic mass is 32.2. The van der Waals surface area contributed by atoms with Crippen molar-refractivity contribution < 1.29 is 27.8 Å². The van der Waals surface area contributed by atoms with Gasteiger partial charge in [0.2, 0.25) is 0 Å². The first-order valence-electron chi connectivity index (χ1n) is 9.36. The average molecular weight is 442 g/mol. The van der Waals surface area contributed by atoms with Crippen molar-refractivity contribution in [2.45, 2.75) is 4.90 Å². The molecule has 0 saturated carbocycles. The molecular weight excluding hydrogens is 418 g/mol. The van der Waals surface area contributed by atoms with Gasteiger partial charge in [-0.15, -0.1) is 0 Å². The zero-order valence-corrected chi connectivity index (χ0v) is 18.2. The van der Waals surface area contributed by atoms with E-state index in [0.29, 0.717) is 11.5 Å². The van der Waals surface area contributed by atoms with Gasteiger partial charge in [-0.25, -0.2) is 8.42 Å². The molecule has 0 aromatic heterocycles. The first-order chi connectivity index (χ1) is 14.7. The summed E-state index contributed by atoms with van der Waals surface area (Å²) in [5.74, 6) is -1.03. The van der Waals surface area contributed by atoms with E-state index in [-0.39, 0.29) is 4.90 Å². The lowest BCUT2D eigenvalue weighted by Crippen LogP contribution is -2.15. The number of ether oxygens (including phenoxy) is 2. The summed E-state index contributed by atoms with van der Waals surface area (Å²) in [6.45, 7) is 0. The Morgan fingerprint density at radius 1 is 0.871 bits per heavy atom. The molecule has 3 aromatic carbocycles. The molecule has 0 saturated heterocycles. The summed E-state index contributed by atoms with van der Waals surface area (Å²) < 4.78 is 34.8. The molecule has 0 unspecified atom stereocenters. The minimum Gasteiger partial charge on any atom is -0.493 e. The molecule has 0 radical (unpaired) electrons. The van der Waals surface area contributed by atoms with Crippen molar-refractivity contribution in [3.05, 3.63) is 66.7 Å². The Morgan fingerprint density at radius 2 is 1.52 bits per heavy atom. The number of carboxylic acids is 1. The summed E-state index contributed by atoms with van der Waals surface area (Å²) in [5.41, 5.74) is 3.60. The molecule has 0 aliphatic heterocycles. The lowest BCUT2D eigenvalue weighted by Gasteiger charge is -2.21. The number of hydrogen-bond acceptors (Lipinski definition) is 6. The number of benzene rings is 3. The number of nitrogens with zero attached hydrogens (tertiary/aromatic N) is 1. The highest BCUT2D eigenvalue weighted by Crippen LogP contribution is 2.34. The molecule has 0 fully saturated rings. The van der Waals surface area contributed by atoms with Gasteiger partial charge in [0.25, 0.3) is 0 Å². The SMILES string of the molecule is COc1ccc(-c2cccc(N(C)c3ccc(S(=O)(=O)CC(=O)O)cc3)c2)cc1OC. The highest BCUT2D eigenvalue weighted by molar-refractivity contribution is 7.92. The number of sulfone groups is 1. The number of aliphatic carboxylic acids is 1. The topological polar surface area (TPSA) is 93.1 Å². The van der Waals surface area contributed by atoms with Gasteiger partial charge in [-0.1, -0.05) is 18.2 Å². The number of hydrogen-bond donors (Lipinski definition) is 1. The molecule has 0 heterocycles. The molecule has 0 spiro atoms. The average Bonchev–Trinajstić information content (AvgIpc) is 2.77. The molecule has 1 N–H and O–H groups in total. The van der Waals surface area contributed by atoms with Gasteiger partial charge in [-0.05, 0) is 59.7 Å². The van der Waals surface area contributed by atoms with Gasteiger partial charge in [0, 0.05) is 18.4 Å². The minimum absolute atomic E-state index is 0.0221. The third-order valence-electron chi connectivity index (χ3n) is 4.85. The van der Waals surface area contributed by atoms with E-state index in [1.165, 1.54) is 12.1 Å². The summed E-state index contributed by atoms with van der Waals surface area (Å²) >= 11 is 0. The summed E-state index contributed by atoms with van der Waals surface area (Å²) in [6, 6.07) is 19.7. The van der Waals surface area contributed by atoms with Crippen molar-refractivity contribution in [2.24, 2.45) is 0 Å². The van der Waals surface area contributed by atoms with Crippen LogP contribution in [-0.2, 0) is 14.6 Å². The second kappa shape index (κ2) is 9.09. The van der Waals surface area contributed by atoms with Crippen molar-refractivity contribution in [1.82, 2.24) is 0 Å². The van der Waals surface area contributed by atoms with Gasteiger partial charge in [0.05, 0.1) is 19.1 Å². The minimum atomic E-state index is -3.86. The molecule has 3 rings (SSSR count). The molecule has 0 atom stereocenters. The number of methoxy groups -OCH3 is 2. The lowest BCUT2D eigenvalue weighted by molar-refractivity contribution is -0.134. The largest absolute Gasteiger partial charge is 0.493 e. The predicted molar refractivity (Wildman–Crippen MR) is 119 cm³/mol. The maximum absolute atomic E-state index is 12.1. The van der Waals surface area contributed by atoms with E-state index >= 15 is 0 Å². The fourth-order valence-corrected chi connectivity index (χ4v) is 4.22. The fraction of sp³-hybridized carbons (Fsp3) is 0.174. The molecule has 162 valence electrons. The summed E-state index contributed by atoms with van der Waals surface area (Å²) in [4.78, 5) is 12.7. The van der Waals surface area contributed by atoms with E-state index in [0.717, 1.165) is 22.5 Å². The first kappa shape index (κ1) is 22.2. The van der Waals surface area contributed by atoms with Crippen LogP contribution in [0.25, 0.3) is 11.1 Å². The van der Waals surface area contributed by atoms with Crippen LogP contribution >= 0.6 is 0 Å². The smallest absolute Gasteiger partial charge is 0.319 e. The van der Waals surface area contributed by atoms with Gasteiger partial charge in [-0.2, -0.15) is 0 Å². The van der Waals surface area contributed by atoms with Gasteiger partial charge < -0.3 is 19.5 Å². The van der Waals surface area contributed by atoms with Crippen molar-refractivity contribution in [3.63, 3.8) is 0 Å². The molecule has 0 amide bonds. The maximum atomic E-state index is 12.1. The van der Waals surface area contributed by atoms with Crippen LogP contribution in [-0.4, -0.2) is 46.5 Å². The van der Waals surface area contributed by atoms with Gasteiger partial charge in [0.15, 0.2) is 27.1 Å². The van der Waals surface area contributed by atoms with Crippen LogP contribution in [0.2, 0.25) is 0 Å². The van der Waals surface area contributed by atoms with Gasteiger partial charge in [0.1, 0.15) is 0 Å². The van der Waals surface area contributed by atoms with Crippen LogP contribution in [0.1, 0.15) is 0 Å². The molecule has 7 nitrogen and oxygen atoms in total. The number of anilines is 2. The zero-order chi connectivity index (χ0) is 22.6. The normalized spacial score (nSPS) is 11.1. The van der Waals surface area contributed by atoms with E-state index in [1.807, 2.05) is 54.4 Å². The monoisotopic (exact) mass is 441 g/mol. The van der Waals surface area contributed by atoms with E-state index in [9.17, 15) is 13.2 Å². The molecule has 0 aliphatic rings. The van der Waals surface area contributed by atoms with Crippen molar-refractivity contribution in [3.8, 4) is 22.6 Å². The molecular formula is C23H23NO6S. The Hall–Kier alpha value is -3.52. The molecule has 0 aliphatic carbocycles. The second-order valence-electron chi connectivity index (χ2n) is 6.83. The van der Waals surface area contributed by atoms with Crippen LogP contribution in [0.5, 0.6) is 11.5 Å². The molecule has 0 bridgehead atoms.